The van der Waals surface area contributed by atoms with E-state index in [-0.39, 0.29) is 11.6 Å². The van der Waals surface area contributed by atoms with Gasteiger partial charge in [0, 0.05) is 29.4 Å². The van der Waals surface area contributed by atoms with Crippen LogP contribution in [0.1, 0.15) is 16.2 Å². The summed E-state index contributed by atoms with van der Waals surface area (Å²) in [7, 11) is 3.10. The van der Waals surface area contributed by atoms with Crippen LogP contribution >= 0.6 is 0 Å². The maximum Gasteiger partial charge on any atom is 0.277 e. The summed E-state index contributed by atoms with van der Waals surface area (Å²) in [5.74, 6) is 1.66. The molecular formula is C19H18N2O4. The molecule has 0 saturated heterocycles. The summed E-state index contributed by atoms with van der Waals surface area (Å²) in [5, 5.41) is 2.79. The lowest BCUT2D eigenvalue weighted by atomic mass is 10.2. The summed E-state index contributed by atoms with van der Waals surface area (Å²) >= 11 is 0. The highest BCUT2D eigenvalue weighted by molar-refractivity contribution is 6.04. The number of aryl methyl sites for hydroxylation is 1. The number of methoxy groups -OCH3 is 2. The molecule has 0 radical (unpaired) electrons. The summed E-state index contributed by atoms with van der Waals surface area (Å²) in [6, 6.07) is 14.6. The predicted molar refractivity (Wildman–Crippen MR) is 94.2 cm³/mol. The smallest absolute Gasteiger partial charge is 0.277 e. The third-order valence-electron chi connectivity index (χ3n) is 3.64. The first-order valence-electron chi connectivity index (χ1n) is 7.68. The molecule has 1 amide bonds. The van der Waals surface area contributed by atoms with Crippen molar-refractivity contribution in [3.63, 3.8) is 0 Å². The first-order chi connectivity index (χ1) is 12.1. The van der Waals surface area contributed by atoms with Crippen molar-refractivity contribution >= 4 is 11.6 Å². The van der Waals surface area contributed by atoms with Gasteiger partial charge in [0.25, 0.3) is 5.91 Å². The molecule has 6 heteroatoms. The molecule has 0 aliphatic rings. The van der Waals surface area contributed by atoms with Crippen LogP contribution in [0.25, 0.3) is 11.5 Å². The van der Waals surface area contributed by atoms with Crippen LogP contribution in [0.5, 0.6) is 11.5 Å². The second kappa shape index (κ2) is 7.09. The summed E-state index contributed by atoms with van der Waals surface area (Å²) in [6.07, 6.45) is 0. The Morgan fingerprint density at radius 2 is 1.68 bits per heavy atom. The molecule has 6 nitrogen and oxygen atoms in total. The molecule has 1 heterocycles. The number of anilines is 1. The Kier molecular flexibility index (Phi) is 4.70. The van der Waals surface area contributed by atoms with Gasteiger partial charge in [-0.1, -0.05) is 18.2 Å². The van der Waals surface area contributed by atoms with Gasteiger partial charge in [-0.2, -0.15) is 0 Å². The number of carbonyl (C=O) groups is 1. The van der Waals surface area contributed by atoms with Crippen LogP contribution in [-0.2, 0) is 0 Å². The topological polar surface area (TPSA) is 73.6 Å². The normalized spacial score (nSPS) is 10.4. The maximum absolute atomic E-state index is 12.6. The number of nitrogens with one attached hydrogen (secondary N) is 1. The number of benzene rings is 2. The Morgan fingerprint density at radius 3 is 2.28 bits per heavy atom. The van der Waals surface area contributed by atoms with Crippen molar-refractivity contribution < 1.29 is 18.7 Å². The van der Waals surface area contributed by atoms with Crippen molar-refractivity contribution in [1.82, 2.24) is 4.98 Å². The third-order valence-corrected chi connectivity index (χ3v) is 3.64. The van der Waals surface area contributed by atoms with E-state index in [1.54, 1.807) is 39.3 Å². The number of hydrogen-bond donors (Lipinski definition) is 1. The zero-order valence-electron chi connectivity index (χ0n) is 14.2. The van der Waals surface area contributed by atoms with E-state index in [2.05, 4.69) is 10.3 Å². The Morgan fingerprint density at radius 1 is 1.04 bits per heavy atom. The lowest BCUT2D eigenvalue weighted by Crippen LogP contribution is -2.13. The number of aromatic nitrogens is 1. The summed E-state index contributed by atoms with van der Waals surface area (Å²) in [6.45, 7) is 1.71. The molecule has 1 N–H and O–H groups in total. The third kappa shape index (κ3) is 3.63. The van der Waals surface area contributed by atoms with Crippen LogP contribution in [-0.4, -0.2) is 25.1 Å². The summed E-state index contributed by atoms with van der Waals surface area (Å²) in [4.78, 5) is 16.9. The zero-order chi connectivity index (χ0) is 17.8. The summed E-state index contributed by atoms with van der Waals surface area (Å²) in [5.41, 5.74) is 1.60. The van der Waals surface area contributed by atoms with E-state index in [1.807, 2.05) is 30.3 Å². The number of nitrogens with zero attached hydrogens (tertiary/aromatic N) is 1. The maximum atomic E-state index is 12.6. The van der Waals surface area contributed by atoms with Gasteiger partial charge in [-0.25, -0.2) is 4.98 Å². The Balaban J connectivity index is 1.86. The van der Waals surface area contributed by atoms with E-state index >= 15 is 0 Å². The van der Waals surface area contributed by atoms with E-state index in [1.165, 1.54) is 0 Å². The molecule has 0 saturated carbocycles. The second-order valence-electron chi connectivity index (χ2n) is 5.35. The number of oxazole rings is 1. The number of ether oxygens (including phenoxy) is 2. The van der Waals surface area contributed by atoms with Crippen molar-refractivity contribution in [1.29, 1.82) is 0 Å². The minimum atomic E-state index is -0.362. The molecule has 1 aromatic heterocycles. The monoisotopic (exact) mass is 338 g/mol. The highest BCUT2D eigenvalue weighted by Gasteiger charge is 2.18. The standard InChI is InChI=1S/C19H18N2O4/c1-12-17(21-19(25-12)13-7-5-4-6-8-13)18(22)20-14-9-15(23-2)11-16(10-14)24-3/h4-11H,1-3H3,(H,20,22). The number of rotatable bonds is 5. The van der Waals surface area contributed by atoms with Gasteiger partial charge in [-0.05, 0) is 19.1 Å². The molecule has 2 aromatic carbocycles. The van der Waals surface area contributed by atoms with Gasteiger partial charge in [0.15, 0.2) is 5.69 Å². The highest BCUT2D eigenvalue weighted by atomic mass is 16.5. The van der Waals surface area contributed by atoms with Crippen molar-refractivity contribution in [3.05, 3.63) is 60.0 Å². The molecule has 0 aliphatic heterocycles. The van der Waals surface area contributed by atoms with Crippen molar-refractivity contribution in [2.24, 2.45) is 0 Å². The van der Waals surface area contributed by atoms with Crippen LogP contribution < -0.4 is 14.8 Å². The minimum Gasteiger partial charge on any atom is -0.497 e. The number of carbonyl (C=O) groups excluding carboxylic acids is 1. The average molecular weight is 338 g/mol. The van der Waals surface area contributed by atoms with Crippen LogP contribution in [0.2, 0.25) is 0 Å². The van der Waals surface area contributed by atoms with Gasteiger partial charge >= 0.3 is 0 Å². The van der Waals surface area contributed by atoms with E-state index in [0.29, 0.717) is 28.8 Å². The quantitative estimate of drug-likeness (QED) is 0.763. The number of hydrogen-bond acceptors (Lipinski definition) is 5. The van der Waals surface area contributed by atoms with Crippen molar-refractivity contribution in [2.75, 3.05) is 19.5 Å². The van der Waals surface area contributed by atoms with Crippen molar-refractivity contribution in [3.8, 4) is 23.0 Å². The first-order valence-corrected chi connectivity index (χ1v) is 7.68. The highest BCUT2D eigenvalue weighted by Crippen LogP contribution is 2.27. The molecule has 25 heavy (non-hydrogen) atoms. The van der Waals surface area contributed by atoms with Gasteiger partial charge in [0.1, 0.15) is 17.3 Å². The molecule has 0 bridgehead atoms. The van der Waals surface area contributed by atoms with Crippen LogP contribution in [0.15, 0.2) is 52.9 Å². The zero-order valence-corrected chi connectivity index (χ0v) is 14.2. The SMILES string of the molecule is COc1cc(NC(=O)c2nc(-c3ccccc3)oc2C)cc(OC)c1. The fourth-order valence-electron chi connectivity index (χ4n) is 2.38. The fraction of sp³-hybridized carbons (Fsp3) is 0.158. The molecule has 0 fully saturated rings. The van der Waals surface area contributed by atoms with Crippen molar-refractivity contribution in [2.45, 2.75) is 6.92 Å². The van der Waals surface area contributed by atoms with Crippen LogP contribution in [0.3, 0.4) is 0 Å². The Hall–Kier alpha value is -3.28. The van der Waals surface area contributed by atoms with Gasteiger partial charge in [0.2, 0.25) is 5.89 Å². The average Bonchev–Trinajstić information content (AvgIpc) is 3.04. The predicted octanol–water partition coefficient (Wildman–Crippen LogP) is 3.92. The second-order valence-corrected chi connectivity index (χ2v) is 5.35. The Labute approximate surface area is 145 Å². The van der Waals surface area contributed by atoms with Gasteiger partial charge in [-0.3, -0.25) is 4.79 Å². The first kappa shape index (κ1) is 16.6. The fourth-order valence-corrected chi connectivity index (χ4v) is 2.38. The number of amides is 1. The van der Waals surface area contributed by atoms with Crippen LogP contribution in [0.4, 0.5) is 5.69 Å². The molecule has 0 spiro atoms. The van der Waals surface area contributed by atoms with E-state index in [0.717, 1.165) is 5.56 Å². The molecular weight excluding hydrogens is 320 g/mol. The molecule has 3 rings (SSSR count). The van der Waals surface area contributed by atoms with Crippen LogP contribution in [0, 0.1) is 6.92 Å². The minimum absolute atomic E-state index is 0.237. The van der Waals surface area contributed by atoms with E-state index in [4.69, 9.17) is 13.9 Å². The molecule has 0 aliphatic carbocycles. The lowest BCUT2D eigenvalue weighted by molar-refractivity contribution is 0.102. The van der Waals surface area contributed by atoms with E-state index < -0.39 is 0 Å². The summed E-state index contributed by atoms with van der Waals surface area (Å²) < 4.78 is 16.0. The largest absolute Gasteiger partial charge is 0.497 e. The Bertz CT molecular complexity index is 865. The lowest BCUT2D eigenvalue weighted by Gasteiger charge is -2.09. The molecule has 3 aromatic rings. The van der Waals surface area contributed by atoms with Gasteiger partial charge in [-0.15, -0.1) is 0 Å². The van der Waals surface area contributed by atoms with Gasteiger partial charge in [0.05, 0.1) is 14.2 Å². The van der Waals surface area contributed by atoms with E-state index in [9.17, 15) is 4.79 Å². The molecule has 0 unspecified atom stereocenters. The van der Waals surface area contributed by atoms with Gasteiger partial charge < -0.3 is 19.2 Å². The molecule has 0 atom stereocenters. The molecule has 128 valence electrons.